The zero-order chi connectivity index (χ0) is 4.28. The highest BCUT2D eigenvalue weighted by atomic mass is 28.3. The van der Waals surface area contributed by atoms with Crippen LogP contribution in [0.4, 0.5) is 0 Å². The Morgan fingerprint density at radius 2 is 1.67 bits per heavy atom. The third-order valence-electron chi connectivity index (χ3n) is 0.471. The van der Waals surface area contributed by atoms with Crippen LogP contribution in [-0.4, -0.2) is 8.80 Å². The highest BCUT2D eigenvalue weighted by Gasteiger charge is 1.77. The van der Waals surface area contributed by atoms with Crippen LogP contribution in [0.15, 0.2) is 12.3 Å². The van der Waals surface area contributed by atoms with E-state index in [1.165, 1.54) is 0 Å². The van der Waals surface area contributed by atoms with Crippen LogP contribution in [0, 0.1) is 0 Å². The van der Waals surface area contributed by atoms with E-state index in [1.54, 1.807) is 0 Å². The van der Waals surface area contributed by atoms with E-state index < -0.39 is 0 Å². The molecule has 0 heterocycles. The molecule has 0 aromatic heterocycles. The zero-order valence-corrected chi connectivity index (χ0v) is 5.42. The van der Waals surface area contributed by atoms with E-state index in [0.29, 0.717) is 0 Å². The predicted octanol–water partition coefficient (Wildman–Crippen LogP) is 1.08. The normalized spacial score (nSPS) is 7.17. The second-order valence-corrected chi connectivity index (χ2v) is 4.44. The number of rotatable bonds is 1. The maximum atomic E-state index is 3.62. The van der Waals surface area contributed by atoms with Crippen molar-refractivity contribution >= 4 is 8.80 Å². The standard InChI is InChI=1S/C4H10Si.O/c1-4-5(2)3;/h4-5H,1H2,2-3H3;. The van der Waals surface area contributed by atoms with E-state index in [4.69, 9.17) is 0 Å². The fourth-order valence-electron chi connectivity index (χ4n) is 0. The van der Waals surface area contributed by atoms with Crippen LogP contribution in [-0.2, 0) is 5.48 Å². The van der Waals surface area contributed by atoms with Gasteiger partial charge in [0.2, 0.25) is 0 Å². The summed E-state index contributed by atoms with van der Waals surface area (Å²) in [5.41, 5.74) is 2.06. The summed E-state index contributed by atoms with van der Waals surface area (Å²) >= 11 is 0. The smallest absolute Gasteiger partial charge is 0.0546 e. The van der Waals surface area contributed by atoms with Crippen molar-refractivity contribution in [1.29, 1.82) is 0 Å². The third-order valence-corrected chi connectivity index (χ3v) is 1.41. The first kappa shape index (κ1) is 9.32. The fourth-order valence-corrected chi connectivity index (χ4v) is 0. The highest BCUT2D eigenvalue weighted by Crippen LogP contribution is 1.73. The Hall–Kier alpha value is -0.0831. The largest absolute Gasteiger partial charge is 0.107 e. The van der Waals surface area contributed by atoms with Gasteiger partial charge in [-0.2, -0.15) is 0 Å². The van der Waals surface area contributed by atoms with E-state index >= 15 is 0 Å². The summed E-state index contributed by atoms with van der Waals surface area (Å²) in [6.07, 6.45) is 0. The molecule has 0 fully saturated rings. The van der Waals surface area contributed by atoms with Crippen molar-refractivity contribution in [3.05, 3.63) is 12.3 Å². The summed E-state index contributed by atoms with van der Waals surface area (Å²) in [6, 6.07) is 0. The molecule has 0 bridgehead atoms. The molecular formula is C4H10OSi. The average Bonchev–Trinajstić information content (AvgIpc) is 1.38. The molecule has 0 unspecified atom stereocenters. The SMILES string of the molecule is C=C[SiH](C)C.[O]. The van der Waals surface area contributed by atoms with Crippen molar-refractivity contribution < 1.29 is 5.48 Å². The Labute approximate surface area is 40.6 Å². The Balaban J connectivity index is 0. The minimum atomic E-state index is -0.386. The first-order valence-electron chi connectivity index (χ1n) is 1.90. The molecule has 0 amide bonds. The maximum absolute atomic E-state index is 3.62. The second-order valence-electron chi connectivity index (χ2n) is 1.48. The van der Waals surface area contributed by atoms with Gasteiger partial charge in [0.25, 0.3) is 0 Å². The van der Waals surface area contributed by atoms with Crippen LogP contribution >= 0.6 is 0 Å². The molecule has 0 saturated heterocycles. The van der Waals surface area contributed by atoms with Crippen molar-refractivity contribution in [1.82, 2.24) is 0 Å². The molecule has 6 heavy (non-hydrogen) atoms. The van der Waals surface area contributed by atoms with Gasteiger partial charge in [-0.1, -0.05) is 13.1 Å². The first-order chi connectivity index (χ1) is 2.27. The van der Waals surface area contributed by atoms with E-state index in [1.807, 2.05) is 0 Å². The summed E-state index contributed by atoms with van der Waals surface area (Å²) < 4.78 is 0. The summed E-state index contributed by atoms with van der Waals surface area (Å²) in [5, 5.41) is 0. The van der Waals surface area contributed by atoms with Crippen LogP contribution in [0.1, 0.15) is 0 Å². The van der Waals surface area contributed by atoms with E-state index in [0.717, 1.165) is 0 Å². The molecule has 1 nitrogen and oxygen atoms in total. The Morgan fingerprint density at radius 1 is 1.50 bits per heavy atom. The molecule has 0 spiro atoms. The summed E-state index contributed by atoms with van der Waals surface area (Å²) in [6.45, 7) is 8.11. The first-order valence-corrected chi connectivity index (χ1v) is 4.87. The maximum Gasteiger partial charge on any atom is 0.0546 e. The van der Waals surface area contributed by atoms with Crippen LogP contribution < -0.4 is 0 Å². The van der Waals surface area contributed by atoms with Gasteiger partial charge in [0, 0.05) is 5.48 Å². The van der Waals surface area contributed by atoms with Crippen molar-refractivity contribution in [3.63, 3.8) is 0 Å². The molecule has 0 aliphatic carbocycles. The van der Waals surface area contributed by atoms with Crippen molar-refractivity contribution in [2.24, 2.45) is 0 Å². The van der Waals surface area contributed by atoms with Gasteiger partial charge in [-0.05, 0) is 0 Å². The molecule has 2 heteroatoms. The molecule has 0 atom stereocenters. The molecule has 0 aliphatic rings. The third kappa shape index (κ3) is 9.07. The fraction of sp³-hybridized carbons (Fsp3) is 0.500. The Kier molecular flexibility index (Phi) is 7.64. The molecule has 0 aliphatic heterocycles. The topological polar surface area (TPSA) is 28.5 Å². The number of hydrogen-bond acceptors (Lipinski definition) is 0. The van der Waals surface area contributed by atoms with Gasteiger partial charge < -0.3 is 0 Å². The summed E-state index contributed by atoms with van der Waals surface area (Å²) in [7, 11) is -0.386. The van der Waals surface area contributed by atoms with Crippen LogP contribution in [0.2, 0.25) is 13.1 Å². The van der Waals surface area contributed by atoms with E-state index in [9.17, 15) is 0 Å². The van der Waals surface area contributed by atoms with Crippen LogP contribution in [0.25, 0.3) is 0 Å². The van der Waals surface area contributed by atoms with Crippen LogP contribution in [0.5, 0.6) is 0 Å². The van der Waals surface area contributed by atoms with Crippen LogP contribution in [0.3, 0.4) is 0 Å². The second kappa shape index (κ2) is 4.92. The van der Waals surface area contributed by atoms with Gasteiger partial charge >= 0.3 is 0 Å². The Morgan fingerprint density at radius 3 is 1.67 bits per heavy atom. The molecule has 2 radical (unpaired) electrons. The predicted molar refractivity (Wildman–Crippen MR) is 29.8 cm³/mol. The molecular weight excluding hydrogens is 92.1 g/mol. The van der Waals surface area contributed by atoms with E-state index in [2.05, 4.69) is 25.4 Å². The molecule has 0 saturated carbocycles. The lowest BCUT2D eigenvalue weighted by molar-refractivity contribution is 0.686. The summed E-state index contributed by atoms with van der Waals surface area (Å²) in [5.74, 6) is 0. The Bertz CT molecular complexity index is 34.5. The lowest BCUT2D eigenvalue weighted by Crippen LogP contribution is -1.89. The quantitative estimate of drug-likeness (QED) is 0.443. The lowest BCUT2D eigenvalue weighted by atomic mass is 11.3. The number of hydrogen-bond donors (Lipinski definition) is 0. The molecule has 36 valence electrons. The molecule has 0 aromatic rings. The minimum absolute atomic E-state index is 0. The van der Waals surface area contributed by atoms with Gasteiger partial charge in [-0.25, -0.2) is 0 Å². The van der Waals surface area contributed by atoms with Gasteiger partial charge in [-0.3, -0.25) is 0 Å². The monoisotopic (exact) mass is 102 g/mol. The summed E-state index contributed by atoms with van der Waals surface area (Å²) in [4.78, 5) is 0. The van der Waals surface area contributed by atoms with E-state index in [-0.39, 0.29) is 14.3 Å². The average molecular weight is 102 g/mol. The van der Waals surface area contributed by atoms with Gasteiger partial charge in [0.05, 0.1) is 8.80 Å². The molecule has 0 aromatic carbocycles. The van der Waals surface area contributed by atoms with Gasteiger partial charge in [0.1, 0.15) is 0 Å². The van der Waals surface area contributed by atoms with Gasteiger partial charge in [0.15, 0.2) is 0 Å². The van der Waals surface area contributed by atoms with Crippen molar-refractivity contribution in [3.8, 4) is 0 Å². The molecule has 0 rings (SSSR count). The van der Waals surface area contributed by atoms with Gasteiger partial charge in [-0.15, -0.1) is 12.3 Å². The van der Waals surface area contributed by atoms with Crippen molar-refractivity contribution in [2.75, 3.05) is 0 Å². The lowest BCUT2D eigenvalue weighted by Gasteiger charge is -1.81. The zero-order valence-electron chi connectivity index (χ0n) is 4.27. The minimum Gasteiger partial charge on any atom is -0.107 e. The highest BCUT2D eigenvalue weighted by molar-refractivity contribution is 6.61. The van der Waals surface area contributed by atoms with Crippen molar-refractivity contribution in [2.45, 2.75) is 13.1 Å². The molecule has 0 N–H and O–H groups in total.